The maximum Gasteiger partial charge on any atom is 0.125 e. The van der Waals surface area contributed by atoms with Crippen LogP contribution in [0.4, 0.5) is 0 Å². The van der Waals surface area contributed by atoms with E-state index in [-0.39, 0.29) is 6.04 Å². The molecule has 0 aromatic carbocycles. The predicted octanol–water partition coefficient (Wildman–Crippen LogP) is 4.74. The van der Waals surface area contributed by atoms with E-state index in [1.165, 1.54) is 11.3 Å². The summed E-state index contributed by atoms with van der Waals surface area (Å²) in [7, 11) is 0. The van der Waals surface area contributed by atoms with Crippen LogP contribution in [0, 0.1) is 0 Å². The van der Waals surface area contributed by atoms with E-state index >= 15 is 0 Å². The molecule has 5 heteroatoms. The van der Waals surface area contributed by atoms with E-state index in [1.807, 2.05) is 18.2 Å². The average molecular weight is 290 g/mol. The van der Waals surface area contributed by atoms with Gasteiger partial charge in [-0.2, -0.15) is 0 Å². The van der Waals surface area contributed by atoms with Gasteiger partial charge in [0.15, 0.2) is 0 Å². The molecule has 0 aliphatic carbocycles. The van der Waals surface area contributed by atoms with Crippen molar-refractivity contribution >= 4 is 34.5 Å². The second-order valence-corrected chi connectivity index (χ2v) is 5.97. The molecule has 1 atom stereocenters. The maximum atomic E-state index is 6.19. The Balaban J connectivity index is 2.30. The minimum atomic E-state index is -0.0267. The van der Waals surface area contributed by atoms with Gasteiger partial charge in [0.25, 0.3) is 0 Å². The van der Waals surface area contributed by atoms with Crippen LogP contribution in [0.15, 0.2) is 28.9 Å². The Hall–Kier alpha value is -0.480. The molecule has 2 heterocycles. The number of nitrogens with one attached hydrogen (secondary N) is 1. The van der Waals surface area contributed by atoms with Crippen molar-refractivity contribution in [3.8, 4) is 0 Å². The van der Waals surface area contributed by atoms with Gasteiger partial charge in [-0.1, -0.05) is 30.1 Å². The zero-order valence-corrected chi connectivity index (χ0v) is 11.7. The molecule has 2 nitrogen and oxygen atoms in total. The SMILES string of the molecule is CCCNC(c1ccco1)c1cc(Cl)sc1Cl. The fourth-order valence-corrected chi connectivity index (χ4v) is 3.19. The highest BCUT2D eigenvalue weighted by molar-refractivity contribution is 7.20. The van der Waals surface area contributed by atoms with Crippen molar-refractivity contribution in [1.29, 1.82) is 0 Å². The third-order valence-corrected chi connectivity index (χ3v) is 3.94. The second-order valence-electron chi connectivity index (χ2n) is 3.68. The molecule has 17 heavy (non-hydrogen) atoms. The van der Waals surface area contributed by atoms with E-state index in [1.54, 1.807) is 6.26 Å². The van der Waals surface area contributed by atoms with Crippen LogP contribution in [0.2, 0.25) is 8.67 Å². The lowest BCUT2D eigenvalue weighted by Crippen LogP contribution is -2.22. The third kappa shape index (κ3) is 3.05. The van der Waals surface area contributed by atoms with Crippen molar-refractivity contribution in [3.05, 3.63) is 44.5 Å². The summed E-state index contributed by atoms with van der Waals surface area (Å²) >= 11 is 13.5. The summed E-state index contributed by atoms with van der Waals surface area (Å²) in [4.78, 5) is 0. The van der Waals surface area contributed by atoms with E-state index in [4.69, 9.17) is 27.6 Å². The highest BCUT2D eigenvalue weighted by Crippen LogP contribution is 2.37. The summed E-state index contributed by atoms with van der Waals surface area (Å²) in [6.07, 6.45) is 2.71. The Labute approximate surface area is 115 Å². The molecule has 0 saturated carbocycles. The van der Waals surface area contributed by atoms with Gasteiger partial charge in [0.05, 0.1) is 21.0 Å². The standard InChI is InChI=1S/C12H13Cl2NOS/c1-2-5-15-11(9-4-3-6-16-9)8-7-10(13)17-12(8)14/h3-4,6-7,11,15H,2,5H2,1H3. The molecular weight excluding hydrogens is 277 g/mol. The molecule has 1 N–H and O–H groups in total. The smallest absolute Gasteiger partial charge is 0.125 e. The van der Waals surface area contributed by atoms with Gasteiger partial charge in [-0.25, -0.2) is 0 Å². The predicted molar refractivity (Wildman–Crippen MR) is 73.2 cm³/mol. The third-order valence-electron chi connectivity index (χ3n) is 2.42. The molecule has 0 spiro atoms. The van der Waals surface area contributed by atoms with Crippen LogP contribution >= 0.6 is 34.5 Å². The van der Waals surface area contributed by atoms with E-state index in [2.05, 4.69) is 12.2 Å². The quantitative estimate of drug-likeness (QED) is 0.860. The van der Waals surface area contributed by atoms with E-state index in [9.17, 15) is 0 Å². The van der Waals surface area contributed by atoms with Crippen LogP contribution in [0.25, 0.3) is 0 Å². The van der Waals surface area contributed by atoms with Crippen molar-refractivity contribution in [2.24, 2.45) is 0 Å². The van der Waals surface area contributed by atoms with Crippen molar-refractivity contribution in [3.63, 3.8) is 0 Å². The molecular formula is C12H13Cl2NOS. The lowest BCUT2D eigenvalue weighted by Gasteiger charge is -2.15. The average Bonchev–Trinajstić information content (AvgIpc) is 2.90. The van der Waals surface area contributed by atoms with Gasteiger partial charge in [-0.05, 0) is 31.2 Å². The first-order chi connectivity index (χ1) is 8.22. The van der Waals surface area contributed by atoms with Crippen LogP contribution in [0.3, 0.4) is 0 Å². The highest BCUT2D eigenvalue weighted by Gasteiger charge is 2.21. The summed E-state index contributed by atoms with van der Waals surface area (Å²) in [5.74, 6) is 0.856. The molecule has 1 unspecified atom stereocenters. The lowest BCUT2D eigenvalue weighted by atomic mass is 10.1. The van der Waals surface area contributed by atoms with E-state index in [0.29, 0.717) is 8.67 Å². The summed E-state index contributed by atoms with van der Waals surface area (Å²) in [6.45, 7) is 3.02. The van der Waals surface area contributed by atoms with Gasteiger partial charge in [0, 0.05) is 5.56 Å². The first kappa shape index (κ1) is 13.0. The Morgan fingerprint density at radius 2 is 2.29 bits per heavy atom. The van der Waals surface area contributed by atoms with Gasteiger partial charge in [0.2, 0.25) is 0 Å². The Morgan fingerprint density at radius 1 is 1.47 bits per heavy atom. The first-order valence-electron chi connectivity index (χ1n) is 5.44. The topological polar surface area (TPSA) is 25.2 Å². The van der Waals surface area contributed by atoms with Crippen molar-refractivity contribution in [1.82, 2.24) is 5.32 Å². The molecule has 2 aromatic rings. The fourth-order valence-electron chi connectivity index (χ4n) is 1.66. The largest absolute Gasteiger partial charge is 0.467 e. The Kier molecular flexibility index (Phi) is 4.51. The zero-order chi connectivity index (χ0) is 12.3. The maximum absolute atomic E-state index is 6.19. The monoisotopic (exact) mass is 289 g/mol. The molecule has 2 rings (SSSR count). The number of furan rings is 1. The van der Waals surface area contributed by atoms with Crippen LogP contribution in [-0.2, 0) is 0 Å². The van der Waals surface area contributed by atoms with Crippen LogP contribution in [-0.4, -0.2) is 6.54 Å². The summed E-state index contributed by atoms with van der Waals surface area (Å²) in [5.41, 5.74) is 0.977. The lowest BCUT2D eigenvalue weighted by molar-refractivity contribution is 0.447. The van der Waals surface area contributed by atoms with Gasteiger partial charge in [-0.15, -0.1) is 11.3 Å². The zero-order valence-electron chi connectivity index (χ0n) is 9.37. The van der Waals surface area contributed by atoms with Gasteiger partial charge < -0.3 is 9.73 Å². The number of halogens is 2. The van der Waals surface area contributed by atoms with Crippen LogP contribution in [0.5, 0.6) is 0 Å². The molecule has 0 aliphatic rings. The van der Waals surface area contributed by atoms with Crippen molar-refractivity contribution in [2.75, 3.05) is 6.54 Å². The Bertz CT molecular complexity index is 467. The molecule has 0 amide bonds. The van der Waals surface area contributed by atoms with Crippen molar-refractivity contribution < 1.29 is 4.42 Å². The molecule has 0 aliphatic heterocycles. The molecule has 0 radical (unpaired) electrons. The fraction of sp³-hybridized carbons (Fsp3) is 0.333. The minimum absolute atomic E-state index is 0.0267. The number of rotatable bonds is 5. The number of hydrogen-bond donors (Lipinski definition) is 1. The van der Waals surface area contributed by atoms with Gasteiger partial charge >= 0.3 is 0 Å². The summed E-state index contributed by atoms with van der Waals surface area (Å²) in [5, 5.41) is 3.41. The van der Waals surface area contributed by atoms with Gasteiger partial charge in [-0.3, -0.25) is 0 Å². The van der Waals surface area contributed by atoms with Crippen molar-refractivity contribution in [2.45, 2.75) is 19.4 Å². The molecule has 2 aromatic heterocycles. The van der Waals surface area contributed by atoms with Gasteiger partial charge in [0.1, 0.15) is 5.76 Å². The van der Waals surface area contributed by atoms with Crippen LogP contribution in [0.1, 0.15) is 30.7 Å². The number of hydrogen-bond acceptors (Lipinski definition) is 3. The molecule has 0 saturated heterocycles. The first-order valence-corrected chi connectivity index (χ1v) is 7.01. The normalized spacial score (nSPS) is 12.9. The second kappa shape index (κ2) is 5.91. The summed E-state index contributed by atoms with van der Waals surface area (Å²) in [6, 6.07) is 5.68. The molecule has 92 valence electrons. The van der Waals surface area contributed by atoms with Crippen LogP contribution < -0.4 is 5.32 Å². The van der Waals surface area contributed by atoms with E-state index in [0.717, 1.165) is 24.3 Å². The summed E-state index contributed by atoms with van der Waals surface area (Å²) < 4.78 is 6.85. The molecule has 0 bridgehead atoms. The minimum Gasteiger partial charge on any atom is -0.467 e. The van der Waals surface area contributed by atoms with E-state index < -0.39 is 0 Å². The highest BCUT2D eigenvalue weighted by atomic mass is 35.5. The number of thiophene rings is 1. The Morgan fingerprint density at radius 3 is 2.82 bits per heavy atom. The molecule has 0 fully saturated rings.